The number of ether oxygens (including phenoxy) is 1. The quantitative estimate of drug-likeness (QED) is 0.695. The highest BCUT2D eigenvalue weighted by atomic mass is 16.5. The number of carbonyl (C=O) groups is 3. The first-order valence-electron chi connectivity index (χ1n) is 10.2. The van der Waals surface area contributed by atoms with E-state index in [0.29, 0.717) is 32.5 Å². The number of esters is 1. The van der Waals surface area contributed by atoms with E-state index in [1.807, 2.05) is 44.2 Å². The van der Waals surface area contributed by atoms with Gasteiger partial charge < -0.3 is 15.0 Å². The third-order valence-corrected chi connectivity index (χ3v) is 4.86. The van der Waals surface area contributed by atoms with Gasteiger partial charge in [-0.15, -0.1) is 0 Å². The normalized spacial score (nSPS) is 17.9. The van der Waals surface area contributed by atoms with Gasteiger partial charge in [0.05, 0.1) is 12.5 Å². The van der Waals surface area contributed by atoms with Crippen molar-refractivity contribution in [3.05, 3.63) is 35.9 Å². The molecule has 0 radical (unpaired) electrons. The molecule has 1 saturated heterocycles. The number of hydrogen-bond donors (Lipinski definition) is 1. The number of likely N-dealkylation sites (tertiary alicyclic amines) is 1. The van der Waals surface area contributed by atoms with Crippen molar-refractivity contribution < 1.29 is 19.1 Å². The van der Waals surface area contributed by atoms with Gasteiger partial charge in [0.1, 0.15) is 6.04 Å². The average Bonchev–Trinajstić information content (AvgIpc) is 2.67. The predicted molar refractivity (Wildman–Crippen MR) is 107 cm³/mol. The summed E-state index contributed by atoms with van der Waals surface area (Å²) in [5.74, 6) is -0.571. The zero-order chi connectivity index (χ0) is 20.5. The molecule has 154 valence electrons. The molecule has 1 aliphatic rings. The maximum Gasteiger partial charge on any atom is 0.310 e. The van der Waals surface area contributed by atoms with Crippen LogP contribution in [0.3, 0.4) is 0 Å². The molecule has 1 aliphatic heterocycles. The predicted octanol–water partition coefficient (Wildman–Crippen LogP) is 2.56. The van der Waals surface area contributed by atoms with Crippen LogP contribution >= 0.6 is 0 Å². The Labute approximate surface area is 167 Å². The minimum Gasteiger partial charge on any atom is -0.466 e. The second-order valence-electron chi connectivity index (χ2n) is 7.78. The van der Waals surface area contributed by atoms with E-state index >= 15 is 0 Å². The van der Waals surface area contributed by atoms with E-state index in [1.54, 1.807) is 11.8 Å². The Morgan fingerprint density at radius 1 is 1.21 bits per heavy atom. The van der Waals surface area contributed by atoms with Crippen LogP contribution in [0.1, 0.15) is 45.6 Å². The van der Waals surface area contributed by atoms with Crippen LogP contribution in [0.2, 0.25) is 0 Å². The molecule has 0 aliphatic carbocycles. The van der Waals surface area contributed by atoms with E-state index in [2.05, 4.69) is 5.32 Å². The molecule has 0 spiro atoms. The van der Waals surface area contributed by atoms with Gasteiger partial charge in [0, 0.05) is 25.9 Å². The number of hydrogen-bond acceptors (Lipinski definition) is 4. The van der Waals surface area contributed by atoms with Gasteiger partial charge in [-0.3, -0.25) is 14.4 Å². The average molecular weight is 389 g/mol. The Kier molecular flexibility index (Phi) is 8.48. The van der Waals surface area contributed by atoms with Crippen LogP contribution in [0.15, 0.2) is 30.3 Å². The van der Waals surface area contributed by atoms with E-state index in [-0.39, 0.29) is 29.6 Å². The fourth-order valence-electron chi connectivity index (χ4n) is 3.52. The van der Waals surface area contributed by atoms with Crippen LogP contribution in [0.4, 0.5) is 0 Å². The maximum absolute atomic E-state index is 13.2. The van der Waals surface area contributed by atoms with E-state index in [4.69, 9.17) is 4.74 Å². The van der Waals surface area contributed by atoms with E-state index in [1.165, 1.54) is 0 Å². The first-order valence-corrected chi connectivity index (χ1v) is 10.2. The summed E-state index contributed by atoms with van der Waals surface area (Å²) in [5.41, 5.74) is 0.990. The lowest BCUT2D eigenvalue weighted by molar-refractivity contribution is -0.152. The van der Waals surface area contributed by atoms with Gasteiger partial charge in [0.2, 0.25) is 11.8 Å². The summed E-state index contributed by atoms with van der Waals surface area (Å²) >= 11 is 0. The van der Waals surface area contributed by atoms with Crippen LogP contribution in [0, 0.1) is 11.8 Å². The van der Waals surface area contributed by atoms with Gasteiger partial charge in [-0.25, -0.2) is 0 Å². The third-order valence-electron chi connectivity index (χ3n) is 4.86. The number of benzene rings is 1. The van der Waals surface area contributed by atoms with Crippen LogP contribution in [0.25, 0.3) is 0 Å². The zero-order valence-corrected chi connectivity index (χ0v) is 17.1. The van der Waals surface area contributed by atoms with Crippen LogP contribution in [-0.2, 0) is 25.5 Å². The summed E-state index contributed by atoms with van der Waals surface area (Å²) in [6.45, 7) is 7.02. The molecule has 2 amide bonds. The first-order chi connectivity index (χ1) is 13.4. The number of carbonyl (C=O) groups excluding carboxylic acids is 3. The molecule has 1 fully saturated rings. The topological polar surface area (TPSA) is 75.7 Å². The lowest BCUT2D eigenvalue weighted by Gasteiger charge is -2.34. The van der Waals surface area contributed by atoms with Crippen molar-refractivity contribution in [3.8, 4) is 0 Å². The Morgan fingerprint density at radius 2 is 1.93 bits per heavy atom. The number of amides is 2. The fraction of sp³-hybridized carbons (Fsp3) is 0.591. The number of nitrogens with one attached hydrogen (secondary N) is 1. The minimum absolute atomic E-state index is 0.122. The monoisotopic (exact) mass is 388 g/mol. The second kappa shape index (κ2) is 10.8. The Balaban J connectivity index is 2.10. The van der Waals surface area contributed by atoms with E-state index in [0.717, 1.165) is 18.4 Å². The summed E-state index contributed by atoms with van der Waals surface area (Å²) < 4.78 is 5.13. The molecule has 28 heavy (non-hydrogen) atoms. The zero-order valence-electron chi connectivity index (χ0n) is 17.1. The molecule has 0 aromatic heterocycles. The molecular formula is C22H32N2O4. The lowest BCUT2D eigenvalue weighted by Crippen LogP contribution is -2.53. The smallest absolute Gasteiger partial charge is 0.310 e. The summed E-state index contributed by atoms with van der Waals surface area (Å²) in [7, 11) is 0. The van der Waals surface area contributed by atoms with Crippen molar-refractivity contribution in [1.29, 1.82) is 0 Å². The SMILES string of the molecule is CCOC(=O)C1CCCN(C(=O)C(Cc2ccccc2)NC(=O)CC(C)C)C1. The molecular weight excluding hydrogens is 356 g/mol. The van der Waals surface area contributed by atoms with Crippen molar-refractivity contribution in [2.75, 3.05) is 19.7 Å². The molecule has 1 heterocycles. The van der Waals surface area contributed by atoms with Gasteiger partial charge in [0.25, 0.3) is 0 Å². The summed E-state index contributed by atoms with van der Waals surface area (Å²) in [6, 6.07) is 9.04. The van der Waals surface area contributed by atoms with Crippen molar-refractivity contribution in [2.45, 2.75) is 52.5 Å². The fourth-order valence-corrected chi connectivity index (χ4v) is 3.52. The number of rotatable bonds is 8. The van der Waals surface area contributed by atoms with Gasteiger partial charge in [-0.2, -0.15) is 0 Å². The largest absolute Gasteiger partial charge is 0.466 e. The van der Waals surface area contributed by atoms with Crippen LogP contribution in [0.5, 0.6) is 0 Å². The molecule has 1 aromatic carbocycles. The van der Waals surface area contributed by atoms with Crippen molar-refractivity contribution in [3.63, 3.8) is 0 Å². The molecule has 0 bridgehead atoms. The molecule has 6 nitrogen and oxygen atoms in total. The molecule has 0 saturated carbocycles. The van der Waals surface area contributed by atoms with Crippen LogP contribution in [-0.4, -0.2) is 48.4 Å². The number of nitrogens with zero attached hydrogens (tertiary/aromatic N) is 1. The van der Waals surface area contributed by atoms with Gasteiger partial charge in [0.15, 0.2) is 0 Å². The highest BCUT2D eigenvalue weighted by Crippen LogP contribution is 2.19. The summed E-state index contributed by atoms with van der Waals surface area (Å²) in [6.07, 6.45) is 2.30. The Morgan fingerprint density at radius 3 is 2.57 bits per heavy atom. The maximum atomic E-state index is 13.2. The summed E-state index contributed by atoms with van der Waals surface area (Å²) in [4.78, 5) is 39.4. The highest BCUT2D eigenvalue weighted by Gasteiger charge is 2.33. The third kappa shape index (κ3) is 6.66. The van der Waals surface area contributed by atoms with E-state index in [9.17, 15) is 14.4 Å². The molecule has 1 aromatic rings. The van der Waals surface area contributed by atoms with E-state index < -0.39 is 6.04 Å². The Hall–Kier alpha value is -2.37. The molecule has 2 unspecified atom stereocenters. The molecule has 2 atom stereocenters. The van der Waals surface area contributed by atoms with Crippen molar-refractivity contribution in [2.24, 2.45) is 11.8 Å². The minimum atomic E-state index is -0.630. The standard InChI is InChI=1S/C22H32N2O4/c1-4-28-22(27)18-11-8-12-24(15-18)21(26)19(23-20(25)13-16(2)3)14-17-9-6-5-7-10-17/h5-7,9-10,16,18-19H,4,8,11-15H2,1-3H3,(H,23,25). The van der Waals surface area contributed by atoms with Gasteiger partial charge >= 0.3 is 5.97 Å². The highest BCUT2D eigenvalue weighted by molar-refractivity contribution is 5.88. The lowest BCUT2D eigenvalue weighted by atomic mass is 9.96. The second-order valence-corrected chi connectivity index (χ2v) is 7.78. The van der Waals surface area contributed by atoms with Crippen molar-refractivity contribution >= 4 is 17.8 Å². The molecule has 6 heteroatoms. The first kappa shape index (κ1) is 21.9. The van der Waals surface area contributed by atoms with Gasteiger partial charge in [-0.1, -0.05) is 44.2 Å². The van der Waals surface area contributed by atoms with Gasteiger partial charge in [-0.05, 0) is 31.2 Å². The van der Waals surface area contributed by atoms with Crippen molar-refractivity contribution in [1.82, 2.24) is 10.2 Å². The summed E-state index contributed by atoms with van der Waals surface area (Å²) in [5, 5.41) is 2.92. The number of piperidine rings is 1. The Bertz CT molecular complexity index is 660. The molecule has 1 N–H and O–H groups in total. The molecule has 2 rings (SSSR count). The van der Waals surface area contributed by atoms with Crippen LogP contribution < -0.4 is 5.32 Å².